The van der Waals surface area contributed by atoms with Gasteiger partial charge < -0.3 is 15.1 Å². The van der Waals surface area contributed by atoms with Crippen molar-refractivity contribution in [2.45, 2.75) is 25.8 Å². The van der Waals surface area contributed by atoms with Crippen LogP contribution in [0, 0.1) is 11.7 Å². The van der Waals surface area contributed by atoms with Crippen LogP contribution < -0.4 is 10.2 Å². The Morgan fingerprint density at radius 3 is 2.70 bits per heavy atom. The van der Waals surface area contributed by atoms with Crippen molar-refractivity contribution in [2.24, 2.45) is 5.92 Å². The number of amides is 1. The van der Waals surface area contributed by atoms with E-state index in [9.17, 15) is 9.18 Å². The molecule has 2 saturated heterocycles. The normalized spacial score (nSPS) is 25.5. The van der Waals surface area contributed by atoms with Crippen LogP contribution in [0.2, 0.25) is 5.02 Å². The molecular formula is C17H23ClFN3O. The third-order valence-corrected chi connectivity index (χ3v) is 5.12. The number of hydrogen-bond acceptors (Lipinski definition) is 3. The summed E-state index contributed by atoms with van der Waals surface area (Å²) < 4.78 is 13.2. The molecule has 1 aromatic carbocycles. The number of piperazine rings is 1. The lowest BCUT2D eigenvalue weighted by molar-refractivity contribution is -0.137. The molecule has 1 aromatic rings. The highest BCUT2D eigenvalue weighted by Gasteiger charge is 2.30. The zero-order valence-corrected chi connectivity index (χ0v) is 14.2. The predicted molar refractivity (Wildman–Crippen MR) is 90.4 cm³/mol. The zero-order valence-electron chi connectivity index (χ0n) is 13.4. The Morgan fingerprint density at radius 2 is 2.04 bits per heavy atom. The van der Waals surface area contributed by atoms with Crippen molar-refractivity contribution >= 4 is 23.2 Å². The number of hydrogen-bond donors (Lipinski definition) is 1. The quantitative estimate of drug-likeness (QED) is 0.899. The number of halogens is 2. The molecule has 2 aliphatic heterocycles. The Kier molecular flexibility index (Phi) is 5.07. The van der Waals surface area contributed by atoms with Gasteiger partial charge in [-0.3, -0.25) is 4.79 Å². The van der Waals surface area contributed by atoms with E-state index in [0.29, 0.717) is 24.2 Å². The van der Waals surface area contributed by atoms with E-state index in [-0.39, 0.29) is 17.6 Å². The molecule has 0 spiro atoms. The summed E-state index contributed by atoms with van der Waals surface area (Å²) >= 11 is 6.13. The van der Waals surface area contributed by atoms with Gasteiger partial charge in [0.05, 0.1) is 10.7 Å². The Labute approximate surface area is 141 Å². The molecule has 126 valence electrons. The van der Waals surface area contributed by atoms with E-state index in [4.69, 9.17) is 11.6 Å². The standard InChI is InChI=1S/C17H23ClFN3O/c1-12-10-13(4-5-20-12)17(23)22-8-6-21(7-9-22)16-3-2-14(19)11-15(16)18/h2-3,11-13,20H,4-10H2,1H3/t12-,13-/m0/s1. The Hall–Kier alpha value is -1.33. The van der Waals surface area contributed by atoms with Crippen molar-refractivity contribution in [1.29, 1.82) is 0 Å². The van der Waals surface area contributed by atoms with Gasteiger partial charge in [-0.1, -0.05) is 11.6 Å². The summed E-state index contributed by atoms with van der Waals surface area (Å²) in [6.45, 7) is 5.92. The fourth-order valence-corrected chi connectivity index (χ4v) is 3.81. The molecule has 1 amide bonds. The smallest absolute Gasteiger partial charge is 0.225 e. The van der Waals surface area contributed by atoms with E-state index in [1.54, 1.807) is 6.07 Å². The first-order valence-corrected chi connectivity index (χ1v) is 8.64. The number of nitrogens with zero attached hydrogens (tertiary/aromatic N) is 2. The fourth-order valence-electron chi connectivity index (χ4n) is 3.52. The number of carbonyl (C=O) groups is 1. The van der Waals surface area contributed by atoms with Gasteiger partial charge >= 0.3 is 0 Å². The molecule has 0 saturated carbocycles. The third kappa shape index (κ3) is 3.78. The van der Waals surface area contributed by atoms with E-state index in [0.717, 1.165) is 38.2 Å². The first-order valence-electron chi connectivity index (χ1n) is 8.27. The lowest BCUT2D eigenvalue weighted by Crippen LogP contribution is -2.52. The molecule has 1 N–H and O–H groups in total. The first kappa shape index (κ1) is 16.5. The average molecular weight is 340 g/mol. The molecule has 3 rings (SSSR count). The van der Waals surface area contributed by atoms with E-state index in [1.165, 1.54) is 12.1 Å². The second-order valence-corrected chi connectivity index (χ2v) is 6.89. The highest BCUT2D eigenvalue weighted by atomic mass is 35.5. The van der Waals surface area contributed by atoms with E-state index >= 15 is 0 Å². The molecule has 0 bridgehead atoms. The number of anilines is 1. The van der Waals surface area contributed by atoms with Crippen LogP contribution in [-0.2, 0) is 4.79 Å². The molecule has 23 heavy (non-hydrogen) atoms. The first-order chi connectivity index (χ1) is 11.0. The Bertz CT molecular complexity index is 575. The van der Waals surface area contributed by atoms with Gasteiger partial charge in [0.1, 0.15) is 5.82 Å². The van der Waals surface area contributed by atoms with Crippen LogP contribution in [0.15, 0.2) is 18.2 Å². The van der Waals surface area contributed by atoms with E-state index in [2.05, 4.69) is 17.1 Å². The van der Waals surface area contributed by atoms with Crippen molar-refractivity contribution in [3.8, 4) is 0 Å². The monoisotopic (exact) mass is 339 g/mol. The van der Waals surface area contributed by atoms with Crippen LogP contribution in [0.5, 0.6) is 0 Å². The maximum Gasteiger partial charge on any atom is 0.225 e. The summed E-state index contributed by atoms with van der Waals surface area (Å²) in [5.74, 6) is 0.100. The highest BCUT2D eigenvalue weighted by Crippen LogP contribution is 2.28. The Morgan fingerprint density at radius 1 is 1.30 bits per heavy atom. The maximum absolute atomic E-state index is 13.2. The lowest BCUT2D eigenvalue weighted by Gasteiger charge is -2.39. The van der Waals surface area contributed by atoms with Crippen LogP contribution >= 0.6 is 11.6 Å². The van der Waals surface area contributed by atoms with Crippen LogP contribution in [0.1, 0.15) is 19.8 Å². The molecule has 2 aliphatic rings. The van der Waals surface area contributed by atoms with Gasteiger partial charge in [0.2, 0.25) is 5.91 Å². The topological polar surface area (TPSA) is 35.6 Å². The van der Waals surface area contributed by atoms with E-state index < -0.39 is 0 Å². The van der Waals surface area contributed by atoms with Gasteiger partial charge in [0.25, 0.3) is 0 Å². The number of carbonyl (C=O) groups excluding carboxylic acids is 1. The van der Waals surface area contributed by atoms with Gasteiger partial charge in [-0.05, 0) is 44.5 Å². The van der Waals surface area contributed by atoms with Crippen LogP contribution in [0.4, 0.5) is 10.1 Å². The summed E-state index contributed by atoms with van der Waals surface area (Å²) in [5, 5.41) is 3.81. The van der Waals surface area contributed by atoms with E-state index in [1.807, 2.05) is 4.90 Å². The van der Waals surface area contributed by atoms with Crippen LogP contribution in [-0.4, -0.2) is 49.6 Å². The average Bonchev–Trinajstić information content (AvgIpc) is 2.54. The zero-order chi connectivity index (χ0) is 16.4. The summed E-state index contributed by atoms with van der Waals surface area (Å²) in [6, 6.07) is 4.89. The second-order valence-electron chi connectivity index (χ2n) is 6.48. The maximum atomic E-state index is 13.2. The van der Waals surface area contributed by atoms with Crippen molar-refractivity contribution < 1.29 is 9.18 Å². The lowest BCUT2D eigenvalue weighted by atomic mass is 9.92. The third-order valence-electron chi connectivity index (χ3n) is 4.81. The summed E-state index contributed by atoms with van der Waals surface area (Å²) in [5.41, 5.74) is 0.843. The van der Waals surface area contributed by atoms with Crippen molar-refractivity contribution in [1.82, 2.24) is 10.2 Å². The molecule has 0 aliphatic carbocycles. The van der Waals surface area contributed by atoms with Crippen molar-refractivity contribution in [3.05, 3.63) is 29.0 Å². The molecule has 6 heteroatoms. The highest BCUT2D eigenvalue weighted by molar-refractivity contribution is 6.33. The van der Waals surface area contributed by atoms with Gasteiger partial charge in [-0.2, -0.15) is 0 Å². The van der Waals surface area contributed by atoms with Gasteiger partial charge in [-0.15, -0.1) is 0 Å². The van der Waals surface area contributed by atoms with Crippen LogP contribution in [0.3, 0.4) is 0 Å². The number of benzene rings is 1. The number of nitrogens with one attached hydrogen (secondary N) is 1. The van der Waals surface area contributed by atoms with Gasteiger partial charge in [-0.25, -0.2) is 4.39 Å². The van der Waals surface area contributed by atoms with Crippen molar-refractivity contribution in [2.75, 3.05) is 37.6 Å². The van der Waals surface area contributed by atoms with Gasteiger partial charge in [0, 0.05) is 38.1 Å². The molecular weight excluding hydrogens is 317 g/mol. The molecule has 2 atom stereocenters. The van der Waals surface area contributed by atoms with Crippen LogP contribution in [0.25, 0.3) is 0 Å². The minimum atomic E-state index is -0.326. The predicted octanol–water partition coefficient (Wildman–Crippen LogP) is 2.52. The molecule has 0 aromatic heterocycles. The number of piperidine rings is 1. The largest absolute Gasteiger partial charge is 0.367 e. The Balaban J connectivity index is 1.58. The minimum absolute atomic E-state index is 0.146. The molecule has 2 heterocycles. The summed E-state index contributed by atoms with van der Waals surface area (Å²) in [7, 11) is 0. The molecule has 0 unspecified atom stereocenters. The molecule has 4 nitrogen and oxygen atoms in total. The number of rotatable bonds is 2. The fraction of sp³-hybridized carbons (Fsp3) is 0.588. The SMILES string of the molecule is C[C@H]1C[C@@H](C(=O)N2CCN(c3ccc(F)cc3Cl)CC2)CCN1. The van der Waals surface area contributed by atoms with Gasteiger partial charge in [0.15, 0.2) is 0 Å². The van der Waals surface area contributed by atoms with Crippen molar-refractivity contribution in [3.63, 3.8) is 0 Å². The minimum Gasteiger partial charge on any atom is -0.367 e. The molecule has 2 fully saturated rings. The summed E-state index contributed by atoms with van der Waals surface area (Å²) in [6.07, 6.45) is 1.84. The summed E-state index contributed by atoms with van der Waals surface area (Å²) in [4.78, 5) is 16.7. The second kappa shape index (κ2) is 7.05. The molecule has 0 radical (unpaired) electrons.